The van der Waals surface area contributed by atoms with Crippen molar-refractivity contribution in [1.82, 2.24) is 10.2 Å². The van der Waals surface area contributed by atoms with Gasteiger partial charge in [-0.3, -0.25) is 4.90 Å². The van der Waals surface area contributed by atoms with Crippen molar-refractivity contribution in [2.75, 3.05) is 19.7 Å². The van der Waals surface area contributed by atoms with Gasteiger partial charge in [-0.2, -0.15) is 0 Å². The van der Waals surface area contributed by atoms with Gasteiger partial charge in [0, 0.05) is 24.7 Å². The number of hydrogen-bond acceptors (Lipinski definition) is 3. The Labute approximate surface area is 113 Å². The Kier molecular flexibility index (Phi) is 7.20. The van der Waals surface area contributed by atoms with Gasteiger partial charge in [-0.1, -0.05) is 27.2 Å². The molecular formula is C15H32N2O. The summed E-state index contributed by atoms with van der Waals surface area (Å²) in [6.07, 6.45) is 4.11. The van der Waals surface area contributed by atoms with E-state index >= 15 is 0 Å². The van der Waals surface area contributed by atoms with Crippen molar-refractivity contribution in [1.29, 1.82) is 0 Å². The normalized spacial score (nSPS) is 29.2. The molecule has 0 amide bonds. The zero-order valence-electron chi connectivity index (χ0n) is 12.9. The van der Waals surface area contributed by atoms with Crippen LogP contribution in [-0.2, 0) is 4.74 Å². The molecule has 1 aliphatic heterocycles. The van der Waals surface area contributed by atoms with Gasteiger partial charge in [0.15, 0.2) is 0 Å². The fourth-order valence-corrected chi connectivity index (χ4v) is 3.14. The Morgan fingerprint density at radius 2 is 2.00 bits per heavy atom. The molecule has 4 unspecified atom stereocenters. The number of nitrogens with zero attached hydrogens (tertiary/aromatic N) is 1. The van der Waals surface area contributed by atoms with Gasteiger partial charge < -0.3 is 10.1 Å². The van der Waals surface area contributed by atoms with Gasteiger partial charge in [0.25, 0.3) is 0 Å². The number of likely N-dealkylation sites (N-methyl/N-ethyl adjacent to an activating group) is 1. The number of nitrogens with one attached hydrogen (secondary N) is 1. The molecule has 1 rings (SSSR count). The minimum Gasteiger partial charge on any atom is -0.376 e. The average molecular weight is 256 g/mol. The SMILES string of the molecule is CCCC(NCC)C(CC)N1CC(C)OCC1C. The van der Waals surface area contributed by atoms with Crippen LogP contribution in [0.3, 0.4) is 0 Å². The van der Waals surface area contributed by atoms with Crippen molar-refractivity contribution >= 4 is 0 Å². The standard InChI is InChI=1S/C15H32N2O/c1-6-9-14(16-8-3)15(7-2)17-10-13(5)18-11-12(17)4/h12-16H,6-11H2,1-5H3. The van der Waals surface area contributed by atoms with Crippen molar-refractivity contribution in [2.45, 2.75) is 78.1 Å². The minimum absolute atomic E-state index is 0.374. The van der Waals surface area contributed by atoms with E-state index in [-0.39, 0.29) is 0 Å². The van der Waals surface area contributed by atoms with Gasteiger partial charge in [0.2, 0.25) is 0 Å². The number of ether oxygens (including phenoxy) is 1. The molecule has 1 fully saturated rings. The van der Waals surface area contributed by atoms with E-state index in [4.69, 9.17) is 4.74 Å². The van der Waals surface area contributed by atoms with Crippen LogP contribution < -0.4 is 5.32 Å². The summed E-state index contributed by atoms with van der Waals surface area (Å²) in [4.78, 5) is 2.66. The van der Waals surface area contributed by atoms with Gasteiger partial charge in [-0.15, -0.1) is 0 Å². The number of hydrogen-bond donors (Lipinski definition) is 1. The third-order valence-corrected chi connectivity index (χ3v) is 4.03. The summed E-state index contributed by atoms with van der Waals surface area (Å²) in [6.45, 7) is 14.3. The largest absolute Gasteiger partial charge is 0.376 e. The van der Waals surface area contributed by atoms with Crippen molar-refractivity contribution in [2.24, 2.45) is 0 Å². The fourth-order valence-electron chi connectivity index (χ4n) is 3.14. The molecule has 0 aromatic heterocycles. The van der Waals surface area contributed by atoms with Gasteiger partial charge in [-0.25, -0.2) is 0 Å². The smallest absolute Gasteiger partial charge is 0.0674 e. The molecule has 3 nitrogen and oxygen atoms in total. The molecule has 1 heterocycles. The molecule has 18 heavy (non-hydrogen) atoms. The first-order valence-electron chi connectivity index (χ1n) is 7.74. The highest BCUT2D eigenvalue weighted by molar-refractivity contribution is 4.88. The van der Waals surface area contributed by atoms with E-state index in [1.54, 1.807) is 0 Å². The Morgan fingerprint density at radius 3 is 2.56 bits per heavy atom. The fraction of sp³-hybridized carbons (Fsp3) is 1.00. The lowest BCUT2D eigenvalue weighted by atomic mass is 9.96. The minimum atomic E-state index is 0.374. The Hall–Kier alpha value is -0.120. The van der Waals surface area contributed by atoms with E-state index in [1.807, 2.05) is 0 Å². The predicted molar refractivity (Wildman–Crippen MR) is 78.0 cm³/mol. The quantitative estimate of drug-likeness (QED) is 0.758. The molecule has 1 N–H and O–H groups in total. The maximum Gasteiger partial charge on any atom is 0.0674 e. The molecule has 1 aliphatic rings. The molecule has 0 aromatic rings. The van der Waals surface area contributed by atoms with Crippen LogP contribution in [0, 0.1) is 0 Å². The van der Waals surface area contributed by atoms with Crippen LogP contribution >= 0.6 is 0 Å². The van der Waals surface area contributed by atoms with E-state index < -0.39 is 0 Å². The Bertz CT molecular complexity index is 217. The molecule has 4 atom stereocenters. The maximum absolute atomic E-state index is 5.75. The molecule has 0 aliphatic carbocycles. The maximum atomic E-state index is 5.75. The zero-order valence-corrected chi connectivity index (χ0v) is 12.9. The third-order valence-electron chi connectivity index (χ3n) is 4.03. The van der Waals surface area contributed by atoms with E-state index in [0.29, 0.717) is 24.2 Å². The van der Waals surface area contributed by atoms with E-state index in [1.165, 1.54) is 19.3 Å². The molecule has 3 heteroatoms. The molecule has 1 saturated heterocycles. The van der Waals surface area contributed by atoms with Crippen molar-refractivity contribution < 1.29 is 4.74 Å². The van der Waals surface area contributed by atoms with Gasteiger partial charge in [-0.05, 0) is 33.2 Å². The molecular weight excluding hydrogens is 224 g/mol. The number of morpholine rings is 1. The summed E-state index contributed by atoms with van der Waals surface area (Å²) >= 11 is 0. The number of rotatable bonds is 7. The van der Waals surface area contributed by atoms with E-state index in [9.17, 15) is 0 Å². The van der Waals surface area contributed by atoms with Crippen LogP contribution in [-0.4, -0.2) is 48.8 Å². The first-order chi connectivity index (χ1) is 8.63. The first-order valence-corrected chi connectivity index (χ1v) is 7.74. The second-order valence-corrected chi connectivity index (χ2v) is 5.62. The lowest BCUT2D eigenvalue weighted by molar-refractivity contribution is -0.0723. The molecule has 0 aromatic carbocycles. The van der Waals surface area contributed by atoms with Crippen LogP contribution in [0.5, 0.6) is 0 Å². The summed E-state index contributed by atoms with van der Waals surface area (Å²) in [5.74, 6) is 0. The topological polar surface area (TPSA) is 24.5 Å². The average Bonchev–Trinajstić information content (AvgIpc) is 2.35. The summed E-state index contributed by atoms with van der Waals surface area (Å²) in [6, 6.07) is 1.81. The highest BCUT2D eigenvalue weighted by atomic mass is 16.5. The van der Waals surface area contributed by atoms with Gasteiger partial charge in [0.05, 0.1) is 12.7 Å². The third kappa shape index (κ3) is 4.22. The first kappa shape index (κ1) is 15.9. The van der Waals surface area contributed by atoms with Crippen molar-refractivity contribution in [3.05, 3.63) is 0 Å². The Morgan fingerprint density at radius 1 is 1.28 bits per heavy atom. The van der Waals surface area contributed by atoms with E-state index in [2.05, 4.69) is 44.8 Å². The summed E-state index contributed by atoms with van der Waals surface area (Å²) in [5, 5.41) is 3.68. The van der Waals surface area contributed by atoms with Crippen LogP contribution in [0.4, 0.5) is 0 Å². The van der Waals surface area contributed by atoms with Crippen LogP contribution in [0.2, 0.25) is 0 Å². The van der Waals surface area contributed by atoms with Crippen LogP contribution in [0.15, 0.2) is 0 Å². The predicted octanol–water partition coefficient (Wildman–Crippen LogP) is 2.65. The summed E-state index contributed by atoms with van der Waals surface area (Å²) in [7, 11) is 0. The second kappa shape index (κ2) is 8.13. The molecule has 0 bridgehead atoms. The highest BCUT2D eigenvalue weighted by Gasteiger charge is 2.32. The van der Waals surface area contributed by atoms with Crippen molar-refractivity contribution in [3.63, 3.8) is 0 Å². The van der Waals surface area contributed by atoms with Gasteiger partial charge >= 0.3 is 0 Å². The summed E-state index contributed by atoms with van der Waals surface area (Å²) < 4.78 is 5.75. The second-order valence-electron chi connectivity index (χ2n) is 5.62. The molecule has 0 saturated carbocycles. The lowest BCUT2D eigenvalue weighted by Gasteiger charge is -2.45. The van der Waals surface area contributed by atoms with E-state index in [0.717, 1.165) is 19.7 Å². The van der Waals surface area contributed by atoms with Crippen LogP contribution in [0.1, 0.15) is 53.9 Å². The molecule has 108 valence electrons. The molecule has 0 spiro atoms. The van der Waals surface area contributed by atoms with Crippen LogP contribution in [0.25, 0.3) is 0 Å². The highest BCUT2D eigenvalue weighted by Crippen LogP contribution is 2.21. The lowest BCUT2D eigenvalue weighted by Crippen LogP contribution is -2.58. The monoisotopic (exact) mass is 256 g/mol. The van der Waals surface area contributed by atoms with Gasteiger partial charge in [0.1, 0.15) is 0 Å². The van der Waals surface area contributed by atoms with Crippen molar-refractivity contribution in [3.8, 4) is 0 Å². The summed E-state index contributed by atoms with van der Waals surface area (Å²) in [5.41, 5.74) is 0. The Balaban J connectivity index is 2.71. The zero-order chi connectivity index (χ0) is 13.5. The molecule has 0 radical (unpaired) electrons.